The first-order valence-electron chi connectivity index (χ1n) is 6.93. The van der Waals surface area contributed by atoms with Crippen molar-refractivity contribution in [2.24, 2.45) is 22.6 Å². The molecule has 0 bridgehead atoms. The van der Waals surface area contributed by atoms with E-state index in [0.29, 0.717) is 6.54 Å². The van der Waals surface area contributed by atoms with E-state index in [1.54, 1.807) is 0 Å². The maximum atomic E-state index is 12.3. The third kappa shape index (κ3) is 4.80. The third-order valence-electron chi connectivity index (χ3n) is 3.92. The Labute approximate surface area is 118 Å². The van der Waals surface area contributed by atoms with Gasteiger partial charge in [-0.15, -0.1) is 0 Å². The van der Waals surface area contributed by atoms with E-state index in [9.17, 15) is 14.4 Å². The normalized spacial score (nSPS) is 17.4. The minimum atomic E-state index is -0.662. The Balaban J connectivity index is 2.72. The first kappa shape index (κ1) is 16.4. The van der Waals surface area contributed by atoms with Crippen molar-refractivity contribution in [3.63, 3.8) is 0 Å². The molecule has 0 heterocycles. The lowest BCUT2D eigenvalue weighted by Crippen LogP contribution is -2.46. The van der Waals surface area contributed by atoms with Crippen LogP contribution in [0, 0.1) is 5.41 Å². The van der Waals surface area contributed by atoms with Crippen LogP contribution >= 0.6 is 0 Å². The predicted octanol–water partition coefficient (Wildman–Crippen LogP) is -0.915. The summed E-state index contributed by atoms with van der Waals surface area (Å²) in [4.78, 5) is 35.4. The smallest absolute Gasteiger partial charge is 0.237 e. The molecule has 7 heteroatoms. The summed E-state index contributed by atoms with van der Waals surface area (Å²) >= 11 is 0. The molecule has 1 aliphatic rings. The highest BCUT2D eigenvalue weighted by Gasteiger charge is 2.34. The Morgan fingerprint density at radius 3 is 1.85 bits per heavy atom. The minimum Gasteiger partial charge on any atom is -0.368 e. The fraction of sp³-hybridized carbons (Fsp3) is 0.769. The number of nitrogens with zero attached hydrogens (tertiary/aromatic N) is 1. The second kappa shape index (κ2) is 7.23. The monoisotopic (exact) mass is 284 g/mol. The van der Waals surface area contributed by atoms with Crippen molar-refractivity contribution in [3.8, 4) is 0 Å². The SMILES string of the molecule is NCC1(CC(=O)N(CC(N)=O)CC(N)=O)CCCCC1. The highest BCUT2D eigenvalue weighted by molar-refractivity contribution is 5.88. The molecule has 3 amide bonds. The summed E-state index contributed by atoms with van der Waals surface area (Å²) in [5.74, 6) is -1.61. The Morgan fingerprint density at radius 1 is 0.950 bits per heavy atom. The molecule has 20 heavy (non-hydrogen) atoms. The molecule has 6 N–H and O–H groups in total. The molecule has 0 aromatic rings. The standard InChI is InChI=1S/C13H24N4O3/c14-9-13(4-2-1-3-5-13)6-12(20)17(7-10(15)18)8-11(16)19/h1-9,14H2,(H2,15,18)(H2,16,19). The first-order chi connectivity index (χ1) is 9.38. The quantitative estimate of drug-likeness (QED) is 0.558. The van der Waals surface area contributed by atoms with Gasteiger partial charge >= 0.3 is 0 Å². The van der Waals surface area contributed by atoms with Crippen molar-refractivity contribution in [1.82, 2.24) is 4.90 Å². The summed E-state index contributed by atoms with van der Waals surface area (Å²) in [6.45, 7) is -0.148. The molecule has 0 spiro atoms. The lowest BCUT2D eigenvalue weighted by Gasteiger charge is -2.37. The summed E-state index contributed by atoms with van der Waals surface area (Å²) in [7, 11) is 0. The van der Waals surface area contributed by atoms with Gasteiger partial charge in [0.05, 0.1) is 13.1 Å². The Hall–Kier alpha value is -1.63. The molecule has 1 aliphatic carbocycles. The molecule has 114 valence electrons. The van der Waals surface area contributed by atoms with Gasteiger partial charge in [0.25, 0.3) is 0 Å². The summed E-state index contributed by atoms with van der Waals surface area (Å²) in [6, 6.07) is 0. The van der Waals surface area contributed by atoms with Gasteiger partial charge in [0, 0.05) is 6.42 Å². The minimum absolute atomic E-state index is 0.219. The number of rotatable bonds is 7. The molecule has 1 rings (SSSR count). The largest absolute Gasteiger partial charge is 0.368 e. The van der Waals surface area contributed by atoms with Crippen LogP contribution in [-0.4, -0.2) is 42.3 Å². The molecule has 0 aromatic heterocycles. The van der Waals surface area contributed by atoms with Crippen LogP contribution in [0.2, 0.25) is 0 Å². The van der Waals surface area contributed by atoms with E-state index < -0.39 is 11.8 Å². The van der Waals surface area contributed by atoms with Crippen molar-refractivity contribution in [3.05, 3.63) is 0 Å². The number of hydrogen-bond acceptors (Lipinski definition) is 4. The number of carbonyl (C=O) groups excluding carboxylic acids is 3. The van der Waals surface area contributed by atoms with Gasteiger partial charge in [-0.25, -0.2) is 0 Å². The predicted molar refractivity (Wildman–Crippen MR) is 74.2 cm³/mol. The maximum Gasteiger partial charge on any atom is 0.237 e. The molecule has 0 radical (unpaired) electrons. The van der Waals surface area contributed by atoms with E-state index in [1.807, 2.05) is 0 Å². The number of nitrogens with two attached hydrogens (primary N) is 3. The Kier molecular flexibility index (Phi) is 5.94. The van der Waals surface area contributed by atoms with E-state index in [0.717, 1.165) is 37.0 Å². The zero-order valence-corrected chi connectivity index (χ0v) is 11.8. The fourth-order valence-electron chi connectivity index (χ4n) is 2.80. The first-order valence-corrected chi connectivity index (χ1v) is 6.93. The van der Waals surface area contributed by atoms with Gasteiger partial charge in [0.15, 0.2) is 0 Å². The molecule has 0 unspecified atom stereocenters. The molecule has 0 aliphatic heterocycles. The highest BCUT2D eigenvalue weighted by Crippen LogP contribution is 2.38. The van der Waals surface area contributed by atoms with Gasteiger partial charge < -0.3 is 22.1 Å². The number of primary amides is 2. The van der Waals surface area contributed by atoms with Crippen LogP contribution < -0.4 is 17.2 Å². The van der Waals surface area contributed by atoms with E-state index in [-0.39, 0.29) is 30.8 Å². The van der Waals surface area contributed by atoms with Crippen LogP contribution in [-0.2, 0) is 14.4 Å². The van der Waals surface area contributed by atoms with Crippen LogP contribution in [0.1, 0.15) is 38.5 Å². The summed E-state index contributed by atoms with van der Waals surface area (Å²) in [5, 5.41) is 0. The molecule has 0 saturated heterocycles. The molecule has 0 aromatic carbocycles. The maximum absolute atomic E-state index is 12.3. The molecular weight excluding hydrogens is 260 g/mol. The van der Waals surface area contributed by atoms with Gasteiger partial charge in [-0.2, -0.15) is 0 Å². The van der Waals surface area contributed by atoms with Crippen LogP contribution in [0.15, 0.2) is 0 Å². The van der Waals surface area contributed by atoms with E-state index in [1.165, 1.54) is 0 Å². The van der Waals surface area contributed by atoms with Gasteiger partial charge in [-0.3, -0.25) is 14.4 Å². The topological polar surface area (TPSA) is 133 Å². The van der Waals surface area contributed by atoms with Gasteiger partial charge in [-0.05, 0) is 24.8 Å². The second-order valence-electron chi connectivity index (χ2n) is 5.62. The van der Waals surface area contributed by atoms with Crippen molar-refractivity contribution in [2.75, 3.05) is 19.6 Å². The summed E-state index contributed by atoms with van der Waals surface area (Å²) in [5.41, 5.74) is 15.8. The van der Waals surface area contributed by atoms with Crippen LogP contribution in [0.25, 0.3) is 0 Å². The van der Waals surface area contributed by atoms with E-state index >= 15 is 0 Å². The van der Waals surface area contributed by atoms with Crippen molar-refractivity contribution in [2.45, 2.75) is 38.5 Å². The average molecular weight is 284 g/mol. The molecule has 7 nitrogen and oxygen atoms in total. The summed E-state index contributed by atoms with van der Waals surface area (Å²) in [6.07, 6.45) is 5.30. The van der Waals surface area contributed by atoms with Crippen LogP contribution in [0.5, 0.6) is 0 Å². The van der Waals surface area contributed by atoms with Crippen LogP contribution in [0.4, 0.5) is 0 Å². The molecular formula is C13H24N4O3. The van der Waals surface area contributed by atoms with Crippen LogP contribution in [0.3, 0.4) is 0 Å². The molecule has 1 saturated carbocycles. The van der Waals surface area contributed by atoms with E-state index in [4.69, 9.17) is 17.2 Å². The lowest BCUT2D eigenvalue weighted by molar-refractivity contribution is -0.140. The highest BCUT2D eigenvalue weighted by atomic mass is 16.2. The Morgan fingerprint density at radius 2 is 1.45 bits per heavy atom. The zero-order valence-electron chi connectivity index (χ0n) is 11.8. The Bertz CT molecular complexity index is 362. The zero-order chi connectivity index (χ0) is 15.2. The van der Waals surface area contributed by atoms with Crippen molar-refractivity contribution < 1.29 is 14.4 Å². The van der Waals surface area contributed by atoms with E-state index in [2.05, 4.69) is 0 Å². The third-order valence-corrected chi connectivity index (χ3v) is 3.92. The molecule has 1 fully saturated rings. The molecule has 0 atom stereocenters. The fourth-order valence-corrected chi connectivity index (χ4v) is 2.80. The number of hydrogen-bond donors (Lipinski definition) is 3. The second-order valence-corrected chi connectivity index (χ2v) is 5.62. The lowest BCUT2D eigenvalue weighted by atomic mass is 9.71. The van der Waals surface area contributed by atoms with Gasteiger partial charge in [-0.1, -0.05) is 19.3 Å². The van der Waals surface area contributed by atoms with Gasteiger partial charge in [0.2, 0.25) is 17.7 Å². The number of carbonyl (C=O) groups is 3. The number of amides is 3. The van der Waals surface area contributed by atoms with Crippen molar-refractivity contribution >= 4 is 17.7 Å². The summed E-state index contributed by atoms with van der Waals surface area (Å²) < 4.78 is 0. The average Bonchev–Trinajstić information content (AvgIpc) is 2.38. The van der Waals surface area contributed by atoms with Crippen molar-refractivity contribution in [1.29, 1.82) is 0 Å². The van der Waals surface area contributed by atoms with Gasteiger partial charge in [0.1, 0.15) is 0 Å².